The van der Waals surface area contributed by atoms with Crippen LogP contribution in [0.3, 0.4) is 0 Å². The lowest BCUT2D eigenvalue weighted by Crippen LogP contribution is -2.31. The number of likely N-dealkylation sites (tertiary alicyclic amines) is 1. The molecule has 116 valence electrons. The van der Waals surface area contributed by atoms with Gasteiger partial charge in [-0.05, 0) is 19.3 Å². The number of hydrogen-bond acceptors (Lipinski definition) is 6. The number of thiazole rings is 1. The highest BCUT2D eigenvalue weighted by Crippen LogP contribution is 2.31. The van der Waals surface area contributed by atoms with Crippen LogP contribution in [0.4, 0.5) is 10.9 Å². The summed E-state index contributed by atoms with van der Waals surface area (Å²) in [7, 11) is 0. The molecule has 0 spiro atoms. The molecular weight excluding hydrogens is 286 g/mol. The van der Waals surface area contributed by atoms with Crippen molar-refractivity contribution in [1.29, 1.82) is 0 Å². The van der Waals surface area contributed by atoms with E-state index in [0.717, 1.165) is 50.6 Å². The zero-order chi connectivity index (χ0) is 14.8. The first-order chi connectivity index (χ1) is 10.1. The minimum absolute atomic E-state index is 0.0432. The standard InChI is InChI=1S/C14H23N5OS/c15-10-5-8-19(9-10)14-17-12(16)11(21-14)13(20)18-6-3-1-2-4-7-18/h10H,1-9,15-16H2. The van der Waals surface area contributed by atoms with E-state index in [9.17, 15) is 4.79 Å². The van der Waals surface area contributed by atoms with Gasteiger partial charge >= 0.3 is 0 Å². The largest absolute Gasteiger partial charge is 0.382 e. The minimum Gasteiger partial charge on any atom is -0.382 e. The first-order valence-electron chi connectivity index (χ1n) is 7.71. The molecule has 0 saturated carbocycles. The molecule has 1 amide bonds. The molecule has 0 bridgehead atoms. The number of nitrogens with two attached hydrogens (primary N) is 2. The average molecular weight is 309 g/mol. The van der Waals surface area contributed by atoms with Gasteiger partial charge in [-0.15, -0.1) is 0 Å². The summed E-state index contributed by atoms with van der Waals surface area (Å²) in [6, 6.07) is 0.194. The van der Waals surface area contributed by atoms with E-state index in [2.05, 4.69) is 9.88 Å². The maximum atomic E-state index is 12.6. The van der Waals surface area contributed by atoms with Gasteiger partial charge in [-0.2, -0.15) is 0 Å². The molecule has 6 nitrogen and oxygen atoms in total. The Morgan fingerprint density at radius 3 is 2.52 bits per heavy atom. The van der Waals surface area contributed by atoms with Crippen molar-refractivity contribution >= 4 is 28.2 Å². The topological polar surface area (TPSA) is 88.5 Å². The summed E-state index contributed by atoms with van der Waals surface area (Å²) in [5.74, 6) is 0.409. The van der Waals surface area contributed by atoms with Crippen molar-refractivity contribution in [1.82, 2.24) is 9.88 Å². The molecular formula is C14H23N5OS. The highest BCUT2D eigenvalue weighted by atomic mass is 32.1. The van der Waals surface area contributed by atoms with Gasteiger partial charge in [0.05, 0.1) is 0 Å². The molecule has 4 N–H and O–H groups in total. The molecule has 2 aliphatic heterocycles. The van der Waals surface area contributed by atoms with E-state index in [4.69, 9.17) is 11.5 Å². The normalized spacial score (nSPS) is 23.4. The maximum absolute atomic E-state index is 12.6. The van der Waals surface area contributed by atoms with Crippen LogP contribution < -0.4 is 16.4 Å². The van der Waals surface area contributed by atoms with Crippen molar-refractivity contribution in [3.63, 3.8) is 0 Å². The molecule has 1 unspecified atom stereocenters. The smallest absolute Gasteiger partial charge is 0.267 e. The average Bonchev–Trinajstić information content (AvgIpc) is 2.95. The molecule has 2 aliphatic rings. The van der Waals surface area contributed by atoms with Crippen LogP contribution in [0.25, 0.3) is 0 Å². The molecule has 1 atom stereocenters. The van der Waals surface area contributed by atoms with Crippen molar-refractivity contribution in [2.24, 2.45) is 5.73 Å². The zero-order valence-corrected chi connectivity index (χ0v) is 13.1. The van der Waals surface area contributed by atoms with Crippen LogP contribution in [-0.2, 0) is 0 Å². The fourth-order valence-corrected chi connectivity index (χ4v) is 3.98. The van der Waals surface area contributed by atoms with Crippen LogP contribution in [0.1, 0.15) is 41.8 Å². The van der Waals surface area contributed by atoms with Gasteiger partial charge in [-0.1, -0.05) is 24.2 Å². The van der Waals surface area contributed by atoms with Gasteiger partial charge in [0, 0.05) is 32.2 Å². The van der Waals surface area contributed by atoms with E-state index >= 15 is 0 Å². The molecule has 0 aliphatic carbocycles. The second-order valence-electron chi connectivity index (χ2n) is 5.91. The van der Waals surface area contributed by atoms with Crippen LogP contribution in [0.2, 0.25) is 0 Å². The highest BCUT2D eigenvalue weighted by Gasteiger charge is 2.27. The monoisotopic (exact) mass is 309 g/mol. The van der Waals surface area contributed by atoms with Crippen LogP contribution in [0.5, 0.6) is 0 Å². The van der Waals surface area contributed by atoms with E-state index in [1.165, 1.54) is 24.2 Å². The van der Waals surface area contributed by atoms with Crippen molar-refractivity contribution < 1.29 is 4.79 Å². The van der Waals surface area contributed by atoms with Crippen molar-refractivity contribution in [2.75, 3.05) is 36.8 Å². The Kier molecular flexibility index (Phi) is 4.30. The van der Waals surface area contributed by atoms with Crippen LogP contribution in [0.15, 0.2) is 0 Å². The van der Waals surface area contributed by atoms with Crippen molar-refractivity contribution in [3.05, 3.63) is 4.88 Å². The van der Waals surface area contributed by atoms with E-state index in [-0.39, 0.29) is 11.9 Å². The number of hydrogen-bond donors (Lipinski definition) is 2. The SMILES string of the molecule is Nc1nc(N2CCC(N)C2)sc1C(=O)N1CCCCCC1. The molecule has 1 aromatic rings. The maximum Gasteiger partial charge on any atom is 0.267 e. The second kappa shape index (κ2) is 6.19. The molecule has 1 aromatic heterocycles. The fourth-order valence-electron chi connectivity index (χ4n) is 2.99. The first kappa shape index (κ1) is 14.6. The van der Waals surface area contributed by atoms with E-state index < -0.39 is 0 Å². The Labute approximate surface area is 129 Å². The third-order valence-electron chi connectivity index (χ3n) is 4.22. The number of amides is 1. The Morgan fingerprint density at radius 2 is 1.90 bits per heavy atom. The lowest BCUT2D eigenvalue weighted by Gasteiger charge is -2.19. The predicted molar refractivity (Wildman–Crippen MR) is 85.7 cm³/mol. The molecule has 2 fully saturated rings. The Morgan fingerprint density at radius 1 is 1.19 bits per heavy atom. The van der Waals surface area contributed by atoms with Crippen LogP contribution in [-0.4, -0.2) is 48.0 Å². The van der Waals surface area contributed by atoms with E-state index in [0.29, 0.717) is 10.7 Å². The van der Waals surface area contributed by atoms with Crippen molar-refractivity contribution in [2.45, 2.75) is 38.1 Å². The number of nitrogens with zero attached hydrogens (tertiary/aromatic N) is 3. The molecule has 3 rings (SSSR count). The summed E-state index contributed by atoms with van der Waals surface area (Å²) in [6.45, 7) is 3.36. The number of nitrogen functional groups attached to an aromatic ring is 1. The van der Waals surface area contributed by atoms with Gasteiger partial charge in [-0.25, -0.2) is 4.98 Å². The number of rotatable bonds is 2. The predicted octanol–water partition coefficient (Wildman–Crippen LogP) is 1.28. The molecule has 3 heterocycles. The molecule has 2 saturated heterocycles. The van der Waals surface area contributed by atoms with Crippen LogP contribution in [0, 0.1) is 0 Å². The lowest BCUT2D eigenvalue weighted by molar-refractivity contribution is 0.0767. The Hall–Kier alpha value is -1.34. The quantitative estimate of drug-likeness (QED) is 0.859. The summed E-state index contributed by atoms with van der Waals surface area (Å²) in [5.41, 5.74) is 11.9. The second-order valence-corrected chi connectivity index (χ2v) is 6.89. The minimum atomic E-state index is 0.0432. The summed E-state index contributed by atoms with van der Waals surface area (Å²) < 4.78 is 0. The Bertz CT molecular complexity index is 509. The van der Waals surface area contributed by atoms with Gasteiger partial charge in [0.15, 0.2) is 5.13 Å². The van der Waals surface area contributed by atoms with E-state index in [1.807, 2.05) is 4.90 Å². The van der Waals surface area contributed by atoms with Gasteiger partial charge in [-0.3, -0.25) is 4.79 Å². The number of aromatic nitrogens is 1. The highest BCUT2D eigenvalue weighted by molar-refractivity contribution is 7.18. The molecule has 21 heavy (non-hydrogen) atoms. The lowest BCUT2D eigenvalue weighted by atomic mass is 10.2. The number of carbonyl (C=O) groups is 1. The van der Waals surface area contributed by atoms with Gasteiger partial charge in [0.2, 0.25) is 0 Å². The summed E-state index contributed by atoms with van der Waals surface area (Å²) in [5, 5.41) is 0.832. The number of carbonyl (C=O) groups excluding carboxylic acids is 1. The summed E-state index contributed by atoms with van der Waals surface area (Å²) in [6.07, 6.45) is 5.54. The third kappa shape index (κ3) is 3.13. The number of anilines is 2. The van der Waals surface area contributed by atoms with E-state index in [1.54, 1.807) is 0 Å². The molecule has 7 heteroatoms. The molecule has 0 radical (unpaired) electrons. The van der Waals surface area contributed by atoms with Crippen LogP contribution >= 0.6 is 11.3 Å². The summed E-state index contributed by atoms with van der Waals surface area (Å²) in [4.78, 5) is 21.7. The molecule has 0 aromatic carbocycles. The van der Waals surface area contributed by atoms with Gasteiger partial charge in [0.1, 0.15) is 10.7 Å². The zero-order valence-electron chi connectivity index (χ0n) is 12.3. The Balaban J connectivity index is 1.75. The van der Waals surface area contributed by atoms with Crippen molar-refractivity contribution in [3.8, 4) is 0 Å². The fraction of sp³-hybridized carbons (Fsp3) is 0.714. The van der Waals surface area contributed by atoms with Gasteiger partial charge < -0.3 is 21.3 Å². The summed E-state index contributed by atoms with van der Waals surface area (Å²) >= 11 is 1.41. The van der Waals surface area contributed by atoms with Gasteiger partial charge in [0.25, 0.3) is 5.91 Å². The first-order valence-corrected chi connectivity index (χ1v) is 8.53. The third-order valence-corrected chi connectivity index (χ3v) is 5.34.